The normalized spacial score (nSPS) is 34.0. The van der Waals surface area contributed by atoms with Crippen LogP contribution in [0.3, 0.4) is 0 Å². The first kappa shape index (κ1) is 7.06. The van der Waals surface area contributed by atoms with Gasteiger partial charge in [-0.25, -0.2) is 15.0 Å². The monoisotopic (exact) mass is 190 g/mol. The number of alkyl halides is 1. The minimum absolute atomic E-state index is 0.398. The fraction of sp³-hybridized carbons (Fsp3) is 0.400. The molecule has 58 valence electrons. The van der Waals surface area contributed by atoms with E-state index in [-0.39, 0.29) is 0 Å². The average molecular weight is 191 g/mol. The van der Waals surface area contributed by atoms with Crippen LogP contribution in [0.25, 0.3) is 0 Å². The molecular formula is C5H4Cl2N4. The summed E-state index contributed by atoms with van der Waals surface area (Å²) in [6, 6.07) is 0. The maximum atomic E-state index is 6.00. The van der Waals surface area contributed by atoms with Crippen molar-refractivity contribution in [1.82, 2.24) is 4.42 Å². The first-order valence-corrected chi connectivity index (χ1v) is 3.70. The molecule has 2 rings (SSSR count). The Kier molecular flexibility index (Phi) is 1.40. The molecule has 2 aliphatic rings. The minimum atomic E-state index is -0.851. The van der Waals surface area contributed by atoms with Gasteiger partial charge >= 0.3 is 0 Å². The predicted octanol–water partition coefficient (Wildman–Crippen LogP) is 0.860. The molecule has 0 saturated heterocycles. The standard InChI is InChI=1S/C5H4Cl2N4/c6-5-1-11(7)3-9-4(5)8-2-10-5/h2-3H,1H2. The van der Waals surface area contributed by atoms with Crippen molar-refractivity contribution in [2.45, 2.75) is 5.00 Å². The Morgan fingerprint density at radius 2 is 2.45 bits per heavy atom. The van der Waals surface area contributed by atoms with E-state index in [2.05, 4.69) is 15.0 Å². The van der Waals surface area contributed by atoms with Crippen molar-refractivity contribution < 1.29 is 0 Å². The van der Waals surface area contributed by atoms with Gasteiger partial charge in [0.2, 0.25) is 5.00 Å². The molecule has 0 saturated carbocycles. The number of hydrogen-bond donors (Lipinski definition) is 0. The summed E-state index contributed by atoms with van der Waals surface area (Å²) in [4.78, 5) is 10.9. The second kappa shape index (κ2) is 2.19. The Morgan fingerprint density at radius 3 is 3.27 bits per heavy atom. The molecule has 0 fully saturated rings. The Balaban J connectivity index is 2.38. The first-order chi connectivity index (χ1) is 5.21. The van der Waals surface area contributed by atoms with Gasteiger partial charge in [-0.05, 0) is 0 Å². The molecule has 1 atom stereocenters. The lowest BCUT2D eigenvalue weighted by Crippen LogP contribution is -2.41. The van der Waals surface area contributed by atoms with E-state index in [1.165, 1.54) is 17.1 Å². The van der Waals surface area contributed by atoms with Crippen LogP contribution in [0, 0.1) is 0 Å². The summed E-state index contributed by atoms with van der Waals surface area (Å²) in [6.07, 6.45) is 2.87. The fourth-order valence-corrected chi connectivity index (χ4v) is 1.48. The Bertz CT molecular complexity index is 272. The summed E-state index contributed by atoms with van der Waals surface area (Å²) >= 11 is 11.6. The van der Waals surface area contributed by atoms with E-state index in [0.29, 0.717) is 12.4 Å². The van der Waals surface area contributed by atoms with E-state index in [0.717, 1.165) is 0 Å². The van der Waals surface area contributed by atoms with Crippen molar-refractivity contribution in [2.24, 2.45) is 15.0 Å². The van der Waals surface area contributed by atoms with Gasteiger partial charge < -0.3 is 0 Å². The molecule has 0 radical (unpaired) electrons. The lowest BCUT2D eigenvalue weighted by Gasteiger charge is -2.25. The summed E-state index contributed by atoms with van der Waals surface area (Å²) in [5.74, 6) is 0.510. The van der Waals surface area contributed by atoms with Gasteiger partial charge in [0.1, 0.15) is 12.7 Å². The van der Waals surface area contributed by atoms with Crippen LogP contribution in [0.1, 0.15) is 0 Å². The summed E-state index contributed by atoms with van der Waals surface area (Å²) in [5, 5.41) is 0. The van der Waals surface area contributed by atoms with Gasteiger partial charge in [0, 0.05) is 11.8 Å². The number of halogens is 2. The van der Waals surface area contributed by atoms with Gasteiger partial charge in [-0.15, -0.1) is 0 Å². The highest BCUT2D eigenvalue weighted by Crippen LogP contribution is 2.27. The smallest absolute Gasteiger partial charge is 0.213 e. The van der Waals surface area contributed by atoms with Crippen LogP contribution in [0.2, 0.25) is 0 Å². The number of hydrogen-bond acceptors (Lipinski definition) is 4. The molecule has 0 aromatic rings. The van der Waals surface area contributed by atoms with Gasteiger partial charge in [-0.1, -0.05) is 11.6 Å². The van der Waals surface area contributed by atoms with Gasteiger partial charge in [0.05, 0.1) is 6.54 Å². The fourth-order valence-electron chi connectivity index (χ4n) is 0.934. The van der Waals surface area contributed by atoms with E-state index in [1.807, 2.05) is 0 Å². The van der Waals surface area contributed by atoms with Gasteiger partial charge in [-0.3, -0.25) is 4.42 Å². The SMILES string of the molecule is ClN1C=NC2=NC=NC2(Cl)C1. The molecule has 2 heterocycles. The summed E-state index contributed by atoms with van der Waals surface area (Å²) in [7, 11) is 0. The molecule has 0 aliphatic carbocycles. The van der Waals surface area contributed by atoms with Crippen molar-refractivity contribution >= 4 is 41.9 Å². The van der Waals surface area contributed by atoms with Crippen molar-refractivity contribution in [1.29, 1.82) is 0 Å². The number of rotatable bonds is 0. The molecule has 0 N–H and O–H groups in total. The van der Waals surface area contributed by atoms with Crippen LogP contribution in [-0.2, 0) is 0 Å². The van der Waals surface area contributed by atoms with Gasteiger partial charge in [-0.2, -0.15) is 0 Å². The first-order valence-electron chi connectivity index (χ1n) is 2.98. The average Bonchev–Trinajstić information content (AvgIpc) is 2.28. The molecule has 0 aromatic carbocycles. The zero-order valence-electron chi connectivity index (χ0n) is 5.41. The highest BCUT2D eigenvalue weighted by molar-refractivity contribution is 6.39. The largest absolute Gasteiger partial charge is 0.271 e. The lowest BCUT2D eigenvalue weighted by molar-refractivity contribution is 0.585. The quantitative estimate of drug-likeness (QED) is 0.318. The molecule has 11 heavy (non-hydrogen) atoms. The van der Waals surface area contributed by atoms with E-state index >= 15 is 0 Å². The van der Waals surface area contributed by atoms with Crippen molar-refractivity contribution in [3.8, 4) is 0 Å². The van der Waals surface area contributed by atoms with E-state index in [4.69, 9.17) is 23.4 Å². The zero-order valence-corrected chi connectivity index (χ0v) is 6.92. The number of nitrogens with zero attached hydrogens (tertiary/aromatic N) is 4. The number of aliphatic imine (C=N–C) groups is 3. The van der Waals surface area contributed by atoms with Crippen LogP contribution < -0.4 is 0 Å². The molecule has 0 bridgehead atoms. The molecule has 0 aromatic heterocycles. The maximum Gasteiger partial charge on any atom is 0.213 e. The molecule has 6 heteroatoms. The second-order valence-electron chi connectivity index (χ2n) is 2.26. The van der Waals surface area contributed by atoms with Crippen molar-refractivity contribution in [3.63, 3.8) is 0 Å². The van der Waals surface area contributed by atoms with Crippen LogP contribution in [0.5, 0.6) is 0 Å². The minimum Gasteiger partial charge on any atom is -0.271 e. The third-order valence-corrected chi connectivity index (χ3v) is 2.04. The predicted molar refractivity (Wildman–Crippen MR) is 45.6 cm³/mol. The Labute approximate surface area is 73.4 Å². The summed E-state index contributed by atoms with van der Waals surface area (Å²) < 4.78 is 1.36. The van der Waals surface area contributed by atoms with E-state index < -0.39 is 5.00 Å². The van der Waals surface area contributed by atoms with E-state index in [9.17, 15) is 0 Å². The summed E-state index contributed by atoms with van der Waals surface area (Å²) in [5.41, 5.74) is 0. The molecule has 1 unspecified atom stereocenters. The molecule has 0 spiro atoms. The molecule has 4 nitrogen and oxygen atoms in total. The summed E-state index contributed by atoms with van der Waals surface area (Å²) in [6.45, 7) is 0.398. The Morgan fingerprint density at radius 1 is 1.64 bits per heavy atom. The third-order valence-electron chi connectivity index (χ3n) is 1.45. The zero-order chi connectivity index (χ0) is 7.90. The highest BCUT2D eigenvalue weighted by atomic mass is 35.5. The van der Waals surface area contributed by atoms with Crippen LogP contribution >= 0.6 is 23.4 Å². The maximum absolute atomic E-state index is 6.00. The van der Waals surface area contributed by atoms with Crippen LogP contribution in [-0.4, -0.2) is 34.5 Å². The van der Waals surface area contributed by atoms with Crippen molar-refractivity contribution in [2.75, 3.05) is 6.54 Å². The topological polar surface area (TPSA) is 40.3 Å². The number of amidine groups is 1. The van der Waals surface area contributed by atoms with E-state index in [1.54, 1.807) is 0 Å². The molecular weight excluding hydrogens is 187 g/mol. The van der Waals surface area contributed by atoms with Gasteiger partial charge in [0.25, 0.3) is 0 Å². The third kappa shape index (κ3) is 1.02. The van der Waals surface area contributed by atoms with Gasteiger partial charge in [0.15, 0.2) is 5.84 Å². The van der Waals surface area contributed by atoms with Crippen LogP contribution in [0.4, 0.5) is 0 Å². The molecule has 2 aliphatic heterocycles. The second-order valence-corrected chi connectivity index (χ2v) is 3.32. The lowest BCUT2D eigenvalue weighted by atomic mass is 10.2. The van der Waals surface area contributed by atoms with Crippen molar-refractivity contribution in [3.05, 3.63) is 0 Å². The van der Waals surface area contributed by atoms with Crippen LogP contribution in [0.15, 0.2) is 15.0 Å². The number of fused-ring (bicyclic) bond motifs is 1. The molecule has 0 amide bonds. The Hall–Kier alpha value is -0.610. The highest BCUT2D eigenvalue weighted by Gasteiger charge is 2.39.